The van der Waals surface area contributed by atoms with Gasteiger partial charge in [-0.3, -0.25) is 4.79 Å². The van der Waals surface area contributed by atoms with E-state index >= 15 is 0 Å². The Hall–Kier alpha value is -1.41. The summed E-state index contributed by atoms with van der Waals surface area (Å²) in [6.07, 6.45) is 0. The van der Waals surface area contributed by atoms with Crippen LogP contribution in [0.25, 0.3) is 0 Å². The molecule has 0 aliphatic carbocycles. The molecule has 2 aromatic carbocycles. The molecule has 0 N–H and O–H groups in total. The van der Waals surface area contributed by atoms with E-state index in [0.717, 1.165) is 0 Å². The number of benzene rings is 2. The molecule has 0 saturated carbocycles. The van der Waals surface area contributed by atoms with Gasteiger partial charge in [0, 0.05) is 4.47 Å². The number of carbonyl (C=O) groups excluding carboxylic acids is 1. The number of hydrogen-bond donors (Lipinski definition) is 0. The third-order valence-corrected chi connectivity index (χ3v) is 4.10. The number of carbonyl (C=O) groups is 1. The molecule has 6 heteroatoms. The molecule has 0 heterocycles. The van der Waals surface area contributed by atoms with Crippen LogP contribution >= 0.6 is 39.1 Å². The smallest absolute Gasteiger partial charge is 0.187 e. The Bertz CT molecular complexity index is 758. The van der Waals surface area contributed by atoms with E-state index in [0.29, 0.717) is 15.1 Å². The second-order valence-corrected chi connectivity index (χ2v) is 5.95. The third kappa shape index (κ3) is 3.44. The average Bonchev–Trinajstić information content (AvgIpc) is 2.43. The Balaban J connectivity index is 2.43. The summed E-state index contributed by atoms with van der Waals surface area (Å²) in [5, 5.41) is 9.79. The van der Waals surface area contributed by atoms with Crippen LogP contribution in [0.2, 0.25) is 10.0 Å². The van der Waals surface area contributed by atoms with Crippen molar-refractivity contribution < 1.29 is 9.18 Å². The standard InChI is InChI=1S/C15H7BrCl2FNO/c16-9-2-3-10(14(19)6-9)15(21)11(7-20)8-1-4-12(17)13(18)5-8/h1-6,11H. The maximum atomic E-state index is 13.8. The summed E-state index contributed by atoms with van der Waals surface area (Å²) in [6.45, 7) is 0. The van der Waals surface area contributed by atoms with Gasteiger partial charge < -0.3 is 0 Å². The third-order valence-electron chi connectivity index (χ3n) is 2.86. The minimum absolute atomic E-state index is 0.143. The molecular weight excluding hydrogens is 380 g/mol. The van der Waals surface area contributed by atoms with Crippen LogP contribution in [-0.4, -0.2) is 5.78 Å². The molecule has 2 nitrogen and oxygen atoms in total. The zero-order valence-electron chi connectivity index (χ0n) is 10.4. The van der Waals surface area contributed by atoms with Crippen molar-refractivity contribution in [3.05, 3.63) is 67.9 Å². The molecule has 1 atom stereocenters. The SMILES string of the molecule is N#CC(C(=O)c1ccc(Br)cc1F)c1ccc(Cl)c(Cl)c1. The fourth-order valence-electron chi connectivity index (χ4n) is 1.82. The summed E-state index contributed by atoms with van der Waals surface area (Å²) in [5.41, 5.74) is 0.232. The van der Waals surface area contributed by atoms with E-state index in [2.05, 4.69) is 15.9 Å². The number of ketones is 1. The van der Waals surface area contributed by atoms with E-state index in [1.807, 2.05) is 6.07 Å². The molecule has 0 aromatic heterocycles. The molecule has 2 aromatic rings. The van der Waals surface area contributed by atoms with Crippen LogP contribution in [0.3, 0.4) is 0 Å². The molecule has 0 saturated heterocycles. The Kier molecular flexibility index (Phi) is 5.00. The van der Waals surface area contributed by atoms with E-state index in [-0.39, 0.29) is 10.6 Å². The van der Waals surface area contributed by atoms with Gasteiger partial charge in [-0.05, 0) is 35.9 Å². The van der Waals surface area contributed by atoms with Crippen molar-refractivity contribution >= 4 is 44.9 Å². The lowest BCUT2D eigenvalue weighted by molar-refractivity contribution is 0.0975. The number of hydrogen-bond acceptors (Lipinski definition) is 2. The highest BCUT2D eigenvalue weighted by Gasteiger charge is 2.25. The lowest BCUT2D eigenvalue weighted by Gasteiger charge is -2.10. The maximum Gasteiger partial charge on any atom is 0.187 e. The Morgan fingerprint density at radius 3 is 2.48 bits per heavy atom. The number of nitrogens with zero attached hydrogens (tertiary/aromatic N) is 1. The first-order chi connectivity index (χ1) is 9.93. The zero-order chi connectivity index (χ0) is 15.6. The van der Waals surface area contributed by atoms with Gasteiger partial charge >= 0.3 is 0 Å². The highest BCUT2D eigenvalue weighted by molar-refractivity contribution is 9.10. The van der Waals surface area contributed by atoms with Crippen LogP contribution in [0.4, 0.5) is 4.39 Å². The van der Waals surface area contributed by atoms with Crippen molar-refractivity contribution in [2.45, 2.75) is 5.92 Å². The van der Waals surface area contributed by atoms with Crippen molar-refractivity contribution in [2.75, 3.05) is 0 Å². The van der Waals surface area contributed by atoms with Crippen LogP contribution in [0.1, 0.15) is 21.8 Å². The molecule has 0 spiro atoms. The van der Waals surface area contributed by atoms with Crippen LogP contribution in [0.15, 0.2) is 40.9 Å². The monoisotopic (exact) mass is 385 g/mol. The Labute approximate surface area is 139 Å². The molecule has 106 valence electrons. The predicted molar refractivity (Wildman–Crippen MR) is 83.2 cm³/mol. The summed E-state index contributed by atoms with van der Waals surface area (Å²) in [7, 11) is 0. The predicted octanol–water partition coefficient (Wildman–Crippen LogP) is 5.39. The first-order valence-corrected chi connectivity index (χ1v) is 7.32. The van der Waals surface area contributed by atoms with E-state index in [1.54, 1.807) is 6.07 Å². The highest BCUT2D eigenvalue weighted by atomic mass is 79.9. The van der Waals surface area contributed by atoms with Gasteiger partial charge in [-0.2, -0.15) is 5.26 Å². The van der Waals surface area contributed by atoms with Crippen molar-refractivity contribution in [3.8, 4) is 6.07 Å². The van der Waals surface area contributed by atoms with E-state index < -0.39 is 17.5 Å². The van der Waals surface area contributed by atoms with E-state index in [1.165, 1.54) is 30.3 Å². The summed E-state index contributed by atoms with van der Waals surface area (Å²) in [4.78, 5) is 12.4. The number of halogens is 4. The van der Waals surface area contributed by atoms with Crippen LogP contribution in [0, 0.1) is 17.1 Å². The Morgan fingerprint density at radius 1 is 1.19 bits per heavy atom. The number of Topliss-reactive ketones (excluding diaryl/α,β-unsaturated/α-hetero) is 1. The topological polar surface area (TPSA) is 40.9 Å². The fourth-order valence-corrected chi connectivity index (χ4v) is 2.46. The summed E-state index contributed by atoms with van der Waals surface area (Å²) in [5.74, 6) is -2.45. The molecule has 0 aliphatic heterocycles. The number of nitriles is 1. The van der Waals surface area contributed by atoms with Crippen LogP contribution in [0.5, 0.6) is 0 Å². The van der Waals surface area contributed by atoms with E-state index in [9.17, 15) is 14.4 Å². The van der Waals surface area contributed by atoms with Gasteiger partial charge in [0.05, 0.1) is 21.7 Å². The maximum absolute atomic E-state index is 13.8. The minimum Gasteiger partial charge on any atom is -0.292 e. The lowest BCUT2D eigenvalue weighted by atomic mass is 9.91. The molecule has 2 rings (SSSR count). The molecular formula is C15H7BrCl2FNO. The first kappa shape index (κ1) is 16.0. The van der Waals surface area contributed by atoms with Gasteiger partial charge in [-0.1, -0.05) is 45.2 Å². The number of rotatable bonds is 3. The molecule has 21 heavy (non-hydrogen) atoms. The summed E-state index contributed by atoms with van der Waals surface area (Å²) in [6, 6.07) is 10.4. The lowest BCUT2D eigenvalue weighted by Crippen LogP contribution is -2.13. The molecule has 0 bridgehead atoms. The van der Waals surface area contributed by atoms with Crippen molar-refractivity contribution in [3.63, 3.8) is 0 Å². The van der Waals surface area contributed by atoms with Crippen molar-refractivity contribution in [2.24, 2.45) is 0 Å². The summed E-state index contributed by atoms with van der Waals surface area (Å²) < 4.78 is 14.4. The highest BCUT2D eigenvalue weighted by Crippen LogP contribution is 2.29. The molecule has 0 fully saturated rings. The second kappa shape index (κ2) is 6.57. The average molecular weight is 387 g/mol. The second-order valence-electron chi connectivity index (χ2n) is 4.22. The van der Waals surface area contributed by atoms with Gasteiger partial charge in [0.15, 0.2) is 5.78 Å². The molecule has 0 amide bonds. The van der Waals surface area contributed by atoms with Gasteiger partial charge in [0.25, 0.3) is 0 Å². The molecule has 0 radical (unpaired) electrons. The molecule has 0 aliphatic rings. The van der Waals surface area contributed by atoms with Gasteiger partial charge in [-0.15, -0.1) is 0 Å². The normalized spacial score (nSPS) is 11.8. The zero-order valence-corrected chi connectivity index (χ0v) is 13.5. The molecule has 1 unspecified atom stereocenters. The fraction of sp³-hybridized carbons (Fsp3) is 0.0667. The van der Waals surface area contributed by atoms with Gasteiger partial charge in [0.2, 0.25) is 0 Å². The van der Waals surface area contributed by atoms with Gasteiger partial charge in [0.1, 0.15) is 11.7 Å². The van der Waals surface area contributed by atoms with Gasteiger partial charge in [-0.25, -0.2) is 4.39 Å². The van der Waals surface area contributed by atoms with Crippen molar-refractivity contribution in [1.29, 1.82) is 5.26 Å². The van der Waals surface area contributed by atoms with Crippen molar-refractivity contribution in [1.82, 2.24) is 0 Å². The van der Waals surface area contributed by atoms with Crippen LogP contribution in [-0.2, 0) is 0 Å². The Morgan fingerprint density at radius 2 is 1.90 bits per heavy atom. The first-order valence-electron chi connectivity index (χ1n) is 5.78. The summed E-state index contributed by atoms with van der Waals surface area (Å²) >= 11 is 14.8. The van der Waals surface area contributed by atoms with Crippen LogP contribution < -0.4 is 0 Å². The quantitative estimate of drug-likeness (QED) is 0.664. The van der Waals surface area contributed by atoms with E-state index in [4.69, 9.17) is 23.2 Å². The largest absolute Gasteiger partial charge is 0.292 e. The minimum atomic E-state index is -1.14.